The Morgan fingerprint density at radius 3 is 2.23 bits per heavy atom. The van der Waals surface area contributed by atoms with Crippen molar-refractivity contribution in [1.29, 1.82) is 0 Å². The van der Waals surface area contributed by atoms with Crippen molar-refractivity contribution >= 4 is 56.6 Å². The summed E-state index contributed by atoms with van der Waals surface area (Å²) in [6, 6.07) is 15.4. The van der Waals surface area contributed by atoms with E-state index in [1.807, 2.05) is 30.3 Å². The van der Waals surface area contributed by atoms with Crippen LogP contribution in [0.2, 0.25) is 5.02 Å². The zero-order chi connectivity index (χ0) is 31.4. The molecule has 2 aromatic rings. The van der Waals surface area contributed by atoms with Crippen LogP contribution in [0.5, 0.6) is 0 Å². The number of hydrogen-bond acceptors (Lipinski definition) is 5. The second-order valence-electron chi connectivity index (χ2n) is 11.6. The van der Waals surface area contributed by atoms with Gasteiger partial charge in [-0.25, -0.2) is 0 Å². The highest BCUT2D eigenvalue weighted by molar-refractivity contribution is 9.09. The average Bonchev–Trinajstić information content (AvgIpc) is 3.62. The molecule has 1 spiro atoms. The van der Waals surface area contributed by atoms with Crippen molar-refractivity contribution < 1.29 is 24.2 Å². The van der Waals surface area contributed by atoms with Gasteiger partial charge in [0.1, 0.15) is 11.6 Å². The van der Waals surface area contributed by atoms with Crippen LogP contribution in [0.25, 0.3) is 0 Å². The Bertz CT molecular complexity index is 1370. The number of halogens is 2. The number of aliphatic hydroxyl groups is 1. The van der Waals surface area contributed by atoms with Gasteiger partial charge in [0, 0.05) is 47.5 Å². The van der Waals surface area contributed by atoms with Gasteiger partial charge in [-0.3, -0.25) is 14.4 Å². The van der Waals surface area contributed by atoms with Crippen molar-refractivity contribution in [2.75, 3.05) is 36.0 Å². The zero-order valence-corrected chi connectivity index (χ0v) is 27.0. The summed E-state index contributed by atoms with van der Waals surface area (Å²) in [6.07, 6.45) is 6.12. The number of likely N-dealkylation sites (tertiary alicyclic amines) is 1. The van der Waals surface area contributed by atoms with Crippen LogP contribution in [-0.4, -0.2) is 76.5 Å². The van der Waals surface area contributed by atoms with Crippen LogP contribution < -0.4 is 9.80 Å². The molecule has 3 amide bonds. The third kappa shape index (κ3) is 5.87. The molecule has 44 heavy (non-hydrogen) atoms. The molecule has 2 aromatic carbocycles. The lowest BCUT2D eigenvalue weighted by Gasteiger charge is -2.37. The third-order valence-electron chi connectivity index (χ3n) is 8.98. The van der Waals surface area contributed by atoms with Crippen molar-refractivity contribution in [2.24, 2.45) is 11.8 Å². The van der Waals surface area contributed by atoms with Gasteiger partial charge in [0.2, 0.25) is 11.8 Å². The van der Waals surface area contributed by atoms with Gasteiger partial charge >= 0.3 is 0 Å². The van der Waals surface area contributed by atoms with E-state index in [-0.39, 0.29) is 42.2 Å². The number of nitrogens with zero attached hydrogens (tertiary/aromatic N) is 3. The van der Waals surface area contributed by atoms with E-state index in [1.165, 1.54) is 0 Å². The predicted octanol–water partition coefficient (Wildman–Crippen LogP) is 5.38. The first kappa shape index (κ1) is 32.4. The lowest BCUT2D eigenvalue weighted by molar-refractivity contribution is -0.140. The van der Waals surface area contributed by atoms with Crippen LogP contribution in [0.4, 0.5) is 11.4 Å². The highest BCUT2D eigenvalue weighted by atomic mass is 79.9. The van der Waals surface area contributed by atoms with Crippen LogP contribution in [0.15, 0.2) is 79.9 Å². The number of unbranched alkanes of at least 4 members (excludes halogenated alkanes) is 3. The van der Waals surface area contributed by atoms with Crippen molar-refractivity contribution in [2.45, 2.75) is 54.7 Å². The normalized spacial score (nSPS) is 26.8. The van der Waals surface area contributed by atoms with Gasteiger partial charge in [-0.1, -0.05) is 70.7 Å². The van der Waals surface area contributed by atoms with Gasteiger partial charge in [0.15, 0.2) is 0 Å². The number of hydrogen-bond donors (Lipinski definition) is 1. The molecular weight excluding hydrogens is 646 g/mol. The summed E-state index contributed by atoms with van der Waals surface area (Å²) in [5.74, 6) is -2.32. The van der Waals surface area contributed by atoms with Gasteiger partial charge in [-0.05, 0) is 55.7 Å². The number of carbonyl (C=O) groups excluding carboxylic acids is 3. The van der Waals surface area contributed by atoms with E-state index >= 15 is 0 Å². The molecule has 6 atom stereocenters. The number of carbonyl (C=O) groups is 3. The van der Waals surface area contributed by atoms with Crippen LogP contribution in [0, 0.1) is 11.8 Å². The maximum absolute atomic E-state index is 14.7. The Kier molecular flexibility index (Phi) is 10.3. The van der Waals surface area contributed by atoms with Gasteiger partial charge in [0.25, 0.3) is 5.91 Å². The summed E-state index contributed by atoms with van der Waals surface area (Å²) in [6.45, 7) is 8.68. The lowest BCUT2D eigenvalue weighted by Crippen LogP contribution is -2.57. The third-order valence-corrected chi connectivity index (χ3v) is 10.1. The summed E-state index contributed by atoms with van der Waals surface area (Å²) in [5.41, 5.74) is 0.159. The molecule has 3 unspecified atom stereocenters. The molecule has 234 valence electrons. The first-order valence-electron chi connectivity index (χ1n) is 15.2. The zero-order valence-electron chi connectivity index (χ0n) is 24.7. The molecule has 3 saturated heterocycles. The van der Waals surface area contributed by atoms with Crippen molar-refractivity contribution in [1.82, 2.24) is 4.90 Å². The van der Waals surface area contributed by atoms with Crippen LogP contribution in [0.1, 0.15) is 32.1 Å². The number of ether oxygens (including phenoxy) is 1. The van der Waals surface area contributed by atoms with Crippen LogP contribution in [0.3, 0.4) is 0 Å². The Labute approximate surface area is 272 Å². The molecule has 3 aliphatic heterocycles. The summed E-state index contributed by atoms with van der Waals surface area (Å²) >= 11 is 9.93. The predicted molar refractivity (Wildman–Crippen MR) is 176 cm³/mol. The molecule has 0 aromatic heterocycles. The fraction of sp³-hybridized carbons (Fsp3) is 0.441. The minimum absolute atomic E-state index is 0.112. The molecule has 0 radical (unpaired) electrons. The standard InChI is InChI=1S/C34H39BrClN3O5/c1-3-18-37(24-12-8-7-9-13-24)31(41)27-28-32(42)39(20-10-5-6-11-21-40)30(34(28)22-26(35)29(27)44-34)33(43)38(19-4-2)25-16-14-23(36)15-17-25/h3-4,7-9,12-17,26-30,40H,1-2,5-6,10-11,18-22H2/t26?,27-,28+,29-,30?,34?/m1/s1. The van der Waals surface area contributed by atoms with Crippen molar-refractivity contribution in [3.8, 4) is 0 Å². The Morgan fingerprint density at radius 1 is 0.977 bits per heavy atom. The molecule has 8 nitrogen and oxygen atoms in total. The maximum atomic E-state index is 14.7. The molecule has 1 N–H and O–H groups in total. The van der Waals surface area contributed by atoms with Crippen molar-refractivity contribution in [3.05, 3.63) is 84.9 Å². The number of alkyl halides is 1. The van der Waals surface area contributed by atoms with E-state index in [0.717, 1.165) is 12.8 Å². The number of amides is 3. The quantitative estimate of drug-likeness (QED) is 0.164. The smallest absolute Gasteiger partial charge is 0.253 e. The number of rotatable bonds is 14. The van der Waals surface area contributed by atoms with Crippen LogP contribution >= 0.6 is 27.5 Å². The number of benzene rings is 2. The lowest BCUT2D eigenvalue weighted by atomic mass is 9.70. The van der Waals surface area contributed by atoms with Crippen LogP contribution in [-0.2, 0) is 19.1 Å². The molecule has 3 heterocycles. The molecule has 5 rings (SSSR count). The topological polar surface area (TPSA) is 90.4 Å². The number of fused-ring (bicyclic) bond motifs is 1. The van der Waals surface area contributed by atoms with Gasteiger partial charge in [-0.15, -0.1) is 13.2 Å². The molecule has 2 bridgehead atoms. The van der Waals surface area contributed by atoms with Crippen molar-refractivity contribution in [3.63, 3.8) is 0 Å². The average molecular weight is 685 g/mol. The van der Waals surface area contributed by atoms with E-state index in [0.29, 0.717) is 42.2 Å². The second kappa shape index (κ2) is 14.0. The van der Waals surface area contributed by atoms with Gasteiger partial charge < -0.3 is 24.5 Å². The van der Waals surface area contributed by atoms with Gasteiger partial charge in [-0.2, -0.15) is 0 Å². The minimum Gasteiger partial charge on any atom is -0.396 e. The van der Waals surface area contributed by atoms with E-state index in [4.69, 9.17) is 16.3 Å². The number of anilines is 2. The largest absolute Gasteiger partial charge is 0.396 e. The second-order valence-corrected chi connectivity index (χ2v) is 13.2. The van der Waals surface area contributed by atoms with E-state index < -0.39 is 29.6 Å². The van der Waals surface area contributed by atoms with E-state index in [1.54, 1.807) is 51.1 Å². The highest BCUT2D eigenvalue weighted by Crippen LogP contribution is 2.60. The SMILES string of the molecule is C=CCN(C(=O)C1N(CCCCCCO)C(=O)[C@@H]2[C@@H](C(=O)N(CC=C)c3ccccc3)[C@@H]3OC12CC3Br)c1ccc(Cl)cc1. The minimum atomic E-state index is -1.18. The first-order chi connectivity index (χ1) is 21.3. The highest BCUT2D eigenvalue weighted by Gasteiger charge is 2.76. The molecule has 3 fully saturated rings. The molecular formula is C34H39BrClN3O5. The summed E-state index contributed by atoms with van der Waals surface area (Å²) in [4.78, 5) is 48.3. The Hall–Kier alpha value is -2.98. The summed E-state index contributed by atoms with van der Waals surface area (Å²) < 4.78 is 6.75. The summed E-state index contributed by atoms with van der Waals surface area (Å²) in [5, 5.41) is 9.77. The van der Waals surface area contributed by atoms with E-state index in [2.05, 4.69) is 29.1 Å². The fourth-order valence-corrected chi connectivity index (χ4v) is 8.21. The molecule has 10 heteroatoms. The number of para-hydroxylation sites is 1. The Morgan fingerprint density at radius 2 is 1.59 bits per heavy atom. The van der Waals surface area contributed by atoms with E-state index in [9.17, 15) is 19.5 Å². The number of aliphatic hydroxyl groups excluding tert-OH is 1. The summed E-state index contributed by atoms with van der Waals surface area (Å²) in [7, 11) is 0. The Balaban J connectivity index is 1.55. The molecule has 0 saturated carbocycles. The first-order valence-corrected chi connectivity index (χ1v) is 16.5. The molecule has 3 aliphatic rings. The fourth-order valence-electron chi connectivity index (χ4n) is 7.14. The molecule has 0 aliphatic carbocycles. The monoisotopic (exact) mass is 683 g/mol. The van der Waals surface area contributed by atoms with Gasteiger partial charge in [0.05, 0.1) is 17.9 Å². The maximum Gasteiger partial charge on any atom is 0.253 e.